The Morgan fingerprint density at radius 2 is 1.68 bits per heavy atom. The third-order valence-corrected chi connectivity index (χ3v) is 4.99. The summed E-state index contributed by atoms with van der Waals surface area (Å²) in [7, 11) is -3.76. The van der Waals surface area contributed by atoms with Gasteiger partial charge in [-0.15, -0.1) is 0 Å². The van der Waals surface area contributed by atoms with E-state index in [1.807, 2.05) is 26.1 Å². The van der Waals surface area contributed by atoms with Gasteiger partial charge in [-0.05, 0) is 55.3 Å². The van der Waals surface area contributed by atoms with Gasteiger partial charge in [-0.1, -0.05) is 6.07 Å². The van der Waals surface area contributed by atoms with Gasteiger partial charge in [0.2, 0.25) is 0 Å². The molecule has 0 radical (unpaired) electrons. The molecule has 2 aromatic carbocycles. The molecular weight excluding hydrogens is 303 g/mol. The van der Waals surface area contributed by atoms with Gasteiger partial charge in [-0.3, -0.25) is 4.72 Å². The lowest BCUT2D eigenvalue weighted by Crippen LogP contribution is -2.13. The molecule has 1 heterocycles. The molecule has 0 atom stereocenters. The molecule has 0 bridgehead atoms. The van der Waals surface area contributed by atoms with Crippen molar-refractivity contribution < 1.29 is 12.8 Å². The zero-order chi connectivity index (χ0) is 15.9. The van der Waals surface area contributed by atoms with E-state index in [9.17, 15) is 12.8 Å². The van der Waals surface area contributed by atoms with E-state index in [4.69, 9.17) is 0 Å². The van der Waals surface area contributed by atoms with Crippen molar-refractivity contribution >= 4 is 26.6 Å². The Morgan fingerprint density at radius 1 is 1.00 bits per heavy atom. The number of hydrogen-bond acceptors (Lipinski definition) is 2. The van der Waals surface area contributed by atoms with Crippen molar-refractivity contribution in [2.45, 2.75) is 18.7 Å². The number of fused-ring (bicyclic) bond motifs is 1. The van der Waals surface area contributed by atoms with E-state index in [2.05, 4.69) is 9.71 Å². The van der Waals surface area contributed by atoms with Crippen molar-refractivity contribution in [3.8, 4) is 0 Å². The molecule has 22 heavy (non-hydrogen) atoms. The number of H-pyrrole nitrogens is 1. The van der Waals surface area contributed by atoms with Crippen molar-refractivity contribution in [2.24, 2.45) is 0 Å². The Balaban J connectivity index is 2.06. The second-order valence-corrected chi connectivity index (χ2v) is 6.89. The molecule has 0 saturated carbocycles. The number of aromatic amines is 1. The molecule has 0 saturated heterocycles. The molecule has 0 fully saturated rings. The highest BCUT2D eigenvalue weighted by Crippen LogP contribution is 2.29. The molecular formula is C16H15FN2O2S. The van der Waals surface area contributed by atoms with Crippen LogP contribution in [0.3, 0.4) is 0 Å². The minimum atomic E-state index is -3.76. The summed E-state index contributed by atoms with van der Waals surface area (Å²) in [6, 6.07) is 8.31. The van der Waals surface area contributed by atoms with E-state index < -0.39 is 15.8 Å². The molecule has 0 aliphatic rings. The fraction of sp³-hybridized carbons (Fsp3) is 0.125. The van der Waals surface area contributed by atoms with Crippen LogP contribution >= 0.6 is 0 Å². The van der Waals surface area contributed by atoms with Gasteiger partial charge in [0.25, 0.3) is 10.0 Å². The second-order valence-electron chi connectivity index (χ2n) is 5.21. The predicted molar refractivity (Wildman–Crippen MR) is 85.0 cm³/mol. The van der Waals surface area contributed by atoms with E-state index in [1.165, 1.54) is 12.1 Å². The Hall–Kier alpha value is -2.34. The minimum Gasteiger partial charge on any atom is -0.359 e. The first-order valence-corrected chi connectivity index (χ1v) is 8.22. The molecule has 0 spiro atoms. The molecule has 0 amide bonds. The number of aromatic nitrogens is 1. The fourth-order valence-electron chi connectivity index (χ4n) is 2.52. The fourth-order valence-corrected chi connectivity index (χ4v) is 3.59. The summed E-state index contributed by atoms with van der Waals surface area (Å²) >= 11 is 0. The van der Waals surface area contributed by atoms with Gasteiger partial charge < -0.3 is 4.98 Å². The molecule has 0 aliphatic carbocycles. The van der Waals surface area contributed by atoms with Gasteiger partial charge >= 0.3 is 0 Å². The monoisotopic (exact) mass is 318 g/mol. The first-order chi connectivity index (χ1) is 10.4. The van der Waals surface area contributed by atoms with Gasteiger partial charge in [0.05, 0.1) is 16.1 Å². The Kier molecular flexibility index (Phi) is 3.41. The van der Waals surface area contributed by atoms with Crippen LogP contribution in [-0.2, 0) is 10.0 Å². The van der Waals surface area contributed by atoms with Crippen LogP contribution in [0.5, 0.6) is 0 Å². The van der Waals surface area contributed by atoms with Crippen LogP contribution < -0.4 is 4.72 Å². The van der Waals surface area contributed by atoms with Crippen LogP contribution in [0.15, 0.2) is 47.5 Å². The van der Waals surface area contributed by atoms with Gasteiger partial charge in [0.15, 0.2) is 0 Å². The van der Waals surface area contributed by atoms with Crippen molar-refractivity contribution in [3.05, 3.63) is 59.5 Å². The highest BCUT2D eigenvalue weighted by atomic mass is 32.2. The van der Waals surface area contributed by atoms with Crippen molar-refractivity contribution in [2.75, 3.05) is 4.72 Å². The van der Waals surface area contributed by atoms with E-state index >= 15 is 0 Å². The smallest absolute Gasteiger partial charge is 0.261 e. The van der Waals surface area contributed by atoms with Crippen molar-refractivity contribution in [1.82, 2.24) is 4.98 Å². The maximum atomic E-state index is 12.9. The molecule has 3 aromatic rings. The molecule has 4 nitrogen and oxygen atoms in total. The number of rotatable bonds is 3. The predicted octanol–water partition coefficient (Wildman–Crippen LogP) is 3.72. The largest absolute Gasteiger partial charge is 0.359 e. The van der Waals surface area contributed by atoms with Crippen LogP contribution in [0.1, 0.15) is 11.1 Å². The molecule has 3 rings (SSSR count). The third-order valence-electron chi connectivity index (χ3n) is 3.61. The highest BCUT2D eigenvalue weighted by Gasteiger charge is 2.17. The van der Waals surface area contributed by atoms with Crippen LogP contribution in [0.25, 0.3) is 10.9 Å². The Labute approximate surface area is 128 Å². The maximum absolute atomic E-state index is 12.9. The zero-order valence-corrected chi connectivity index (χ0v) is 13.0. The maximum Gasteiger partial charge on any atom is 0.261 e. The number of nitrogens with one attached hydrogen (secondary N) is 2. The standard InChI is InChI=1S/C16H15FN2O2S/c1-10-3-8-14(16-15(10)11(2)9-18-16)19-22(20,21)13-6-4-12(17)5-7-13/h3-9,18-19H,1-2H3. The summed E-state index contributed by atoms with van der Waals surface area (Å²) in [5.74, 6) is -0.475. The topological polar surface area (TPSA) is 62.0 Å². The van der Waals surface area contributed by atoms with Crippen LogP contribution in [0.2, 0.25) is 0 Å². The van der Waals surface area contributed by atoms with Crippen molar-refractivity contribution in [1.29, 1.82) is 0 Å². The zero-order valence-electron chi connectivity index (χ0n) is 12.1. The summed E-state index contributed by atoms with van der Waals surface area (Å²) in [5, 5.41) is 0.999. The molecule has 0 aliphatic heterocycles. The minimum absolute atomic E-state index is 0.0194. The van der Waals surface area contributed by atoms with E-state index in [0.717, 1.165) is 34.2 Å². The molecule has 0 unspecified atom stereocenters. The molecule has 1 aromatic heterocycles. The summed E-state index contributed by atoms with van der Waals surface area (Å²) in [6.45, 7) is 3.94. The average Bonchev–Trinajstić information content (AvgIpc) is 2.86. The number of halogens is 1. The van der Waals surface area contributed by atoms with E-state index in [-0.39, 0.29) is 4.90 Å². The van der Waals surface area contributed by atoms with Gasteiger partial charge in [-0.25, -0.2) is 12.8 Å². The van der Waals surface area contributed by atoms with Crippen molar-refractivity contribution in [3.63, 3.8) is 0 Å². The molecule has 114 valence electrons. The normalized spacial score (nSPS) is 11.8. The lowest BCUT2D eigenvalue weighted by molar-refractivity contribution is 0.599. The lowest BCUT2D eigenvalue weighted by Gasteiger charge is -2.10. The lowest BCUT2D eigenvalue weighted by atomic mass is 10.1. The summed E-state index contributed by atoms with van der Waals surface area (Å²) < 4.78 is 40.3. The number of sulfonamides is 1. The van der Waals surface area contributed by atoms with Crippen LogP contribution in [0, 0.1) is 19.7 Å². The number of aryl methyl sites for hydroxylation is 2. The Morgan fingerprint density at radius 3 is 2.36 bits per heavy atom. The van der Waals surface area contributed by atoms with Gasteiger partial charge in [0.1, 0.15) is 5.82 Å². The summed E-state index contributed by atoms with van der Waals surface area (Å²) in [5.41, 5.74) is 3.33. The molecule has 2 N–H and O–H groups in total. The number of hydrogen-bond donors (Lipinski definition) is 2. The van der Waals surface area contributed by atoms with Crippen LogP contribution in [-0.4, -0.2) is 13.4 Å². The second kappa shape index (κ2) is 5.14. The third kappa shape index (κ3) is 2.46. The summed E-state index contributed by atoms with van der Waals surface area (Å²) in [6.07, 6.45) is 1.84. The number of anilines is 1. The van der Waals surface area contributed by atoms with Crippen LogP contribution in [0.4, 0.5) is 10.1 Å². The van der Waals surface area contributed by atoms with Gasteiger partial charge in [0, 0.05) is 11.6 Å². The number of benzene rings is 2. The van der Waals surface area contributed by atoms with E-state index in [0.29, 0.717) is 5.69 Å². The quantitative estimate of drug-likeness (QED) is 0.773. The average molecular weight is 318 g/mol. The highest BCUT2D eigenvalue weighted by molar-refractivity contribution is 7.92. The first-order valence-electron chi connectivity index (χ1n) is 6.74. The SMILES string of the molecule is Cc1ccc(NS(=O)(=O)c2ccc(F)cc2)c2[nH]cc(C)c12. The van der Waals surface area contributed by atoms with Gasteiger partial charge in [-0.2, -0.15) is 0 Å². The Bertz CT molecular complexity index is 944. The summed E-state index contributed by atoms with van der Waals surface area (Å²) in [4.78, 5) is 3.11. The molecule has 6 heteroatoms. The van der Waals surface area contributed by atoms with E-state index in [1.54, 1.807) is 6.07 Å². The first kappa shape index (κ1) is 14.6.